The summed E-state index contributed by atoms with van der Waals surface area (Å²) in [4.78, 5) is 22.5. The van der Waals surface area contributed by atoms with Gasteiger partial charge in [0.05, 0.1) is 5.88 Å². The second-order valence-electron chi connectivity index (χ2n) is 8.07. The number of rotatable bonds is 9. The number of alkyl halides is 5. The van der Waals surface area contributed by atoms with Crippen LogP contribution in [0.4, 0.5) is 17.6 Å². The van der Waals surface area contributed by atoms with E-state index in [1.165, 1.54) is 31.2 Å². The molecule has 4 nitrogen and oxygen atoms in total. The smallest absolute Gasteiger partial charge is 0.387 e. The van der Waals surface area contributed by atoms with Crippen molar-refractivity contribution in [1.29, 1.82) is 0 Å². The van der Waals surface area contributed by atoms with Crippen molar-refractivity contribution >= 4 is 44.9 Å². The Labute approximate surface area is 249 Å². The highest BCUT2D eigenvalue weighted by atomic mass is 36.5. The minimum absolute atomic E-state index is 0.00670. The van der Waals surface area contributed by atoms with Crippen molar-refractivity contribution in [3.8, 4) is 33.8 Å². The average Bonchev–Trinajstić information content (AvgIpc) is 2.98. The number of hydrogen-bond donors (Lipinski definition) is 0. The number of hydrogen-bond acceptors (Lipinski definition) is 4. The van der Waals surface area contributed by atoms with Gasteiger partial charge in [0, 0.05) is 32.8 Å². The number of halogens is 7. The highest BCUT2D eigenvalue weighted by Gasteiger charge is 2.07. The fourth-order valence-corrected chi connectivity index (χ4v) is 3.64. The molecule has 0 aliphatic heterocycles. The van der Waals surface area contributed by atoms with E-state index in [-0.39, 0.29) is 28.9 Å². The fraction of sp³-hybridized carbons (Fsp3) is 0.133. The molecule has 0 N–H and O–H groups in total. The Morgan fingerprint density at radius 1 is 0.585 bits per heavy atom. The average molecular weight is 630 g/mol. The van der Waals surface area contributed by atoms with Gasteiger partial charge in [-0.3, -0.25) is 9.59 Å². The van der Waals surface area contributed by atoms with Crippen LogP contribution < -0.4 is 9.47 Å². The Bertz CT molecular complexity index is 1370. The van der Waals surface area contributed by atoms with E-state index < -0.39 is 13.2 Å². The van der Waals surface area contributed by atoms with Crippen molar-refractivity contribution in [3.05, 3.63) is 108 Å². The summed E-state index contributed by atoms with van der Waals surface area (Å²) in [6, 6.07) is 26.7. The Morgan fingerprint density at radius 2 is 0.878 bits per heavy atom. The molecular formula is C30H23Cl3F4O4. The largest absolute Gasteiger partial charge is 0.435 e. The van der Waals surface area contributed by atoms with Gasteiger partial charge in [-0.05, 0) is 53.4 Å². The predicted molar refractivity (Wildman–Crippen MR) is 154 cm³/mol. The first-order valence-corrected chi connectivity index (χ1v) is 13.4. The molecule has 0 spiro atoms. The van der Waals surface area contributed by atoms with E-state index in [2.05, 4.69) is 31.2 Å². The molecule has 0 aromatic heterocycles. The summed E-state index contributed by atoms with van der Waals surface area (Å²) in [5.41, 5.74) is 4.68. The van der Waals surface area contributed by atoms with Crippen molar-refractivity contribution < 1.29 is 36.6 Å². The molecule has 0 saturated carbocycles. The highest BCUT2D eigenvalue weighted by Crippen LogP contribution is 2.25. The summed E-state index contributed by atoms with van der Waals surface area (Å²) >= 11 is 5.48. The van der Waals surface area contributed by atoms with Crippen molar-refractivity contribution in [2.45, 2.75) is 20.1 Å². The Balaban J connectivity index is 0.000000271. The van der Waals surface area contributed by atoms with Gasteiger partial charge < -0.3 is 9.47 Å². The van der Waals surface area contributed by atoms with E-state index in [1.807, 2.05) is 12.1 Å². The molecule has 11 heteroatoms. The van der Waals surface area contributed by atoms with Crippen LogP contribution in [0, 0.1) is 0 Å². The molecule has 0 unspecified atom stereocenters. The maximum atomic E-state index is 12.0. The maximum Gasteiger partial charge on any atom is 0.387 e. The first kappa shape index (κ1) is 33.6. The third-order valence-electron chi connectivity index (χ3n) is 5.45. The van der Waals surface area contributed by atoms with E-state index in [0.717, 1.165) is 22.3 Å². The van der Waals surface area contributed by atoms with Crippen LogP contribution in [0.3, 0.4) is 0 Å². The lowest BCUT2D eigenvalue weighted by molar-refractivity contribution is -0.0505. The first-order valence-electron chi connectivity index (χ1n) is 11.7. The molecule has 0 fully saturated rings. The SMILES string of the molecule is CC(=O)c1ccc(-c2ccc(OC(F)F)cc2)cc1.ClCl.O=C(CCl)c1ccc(-c2ccc(OC(F)F)cc2)cc1. The summed E-state index contributed by atoms with van der Waals surface area (Å²) in [6.45, 7) is -4.15. The Kier molecular flexibility index (Phi) is 14.2. The van der Waals surface area contributed by atoms with Crippen LogP contribution in [0.15, 0.2) is 97.1 Å². The summed E-state index contributed by atoms with van der Waals surface area (Å²) in [5, 5.41) is 0. The topological polar surface area (TPSA) is 52.6 Å². The number of ketones is 2. The Hall–Kier alpha value is -3.59. The van der Waals surface area contributed by atoms with Gasteiger partial charge in [0.25, 0.3) is 0 Å². The monoisotopic (exact) mass is 628 g/mol. The van der Waals surface area contributed by atoms with Crippen LogP contribution in [0.25, 0.3) is 22.3 Å². The molecule has 4 aromatic carbocycles. The lowest BCUT2D eigenvalue weighted by Crippen LogP contribution is -2.01. The molecule has 4 aromatic rings. The molecule has 0 heterocycles. The second kappa shape index (κ2) is 17.3. The summed E-state index contributed by atoms with van der Waals surface area (Å²) < 4.78 is 56.6. The molecule has 0 saturated heterocycles. The van der Waals surface area contributed by atoms with Crippen molar-refractivity contribution in [2.75, 3.05) is 5.88 Å². The minimum atomic E-state index is -2.83. The maximum absolute atomic E-state index is 12.0. The van der Waals surface area contributed by atoms with Crippen LogP contribution in [-0.4, -0.2) is 30.7 Å². The first-order chi connectivity index (χ1) is 19.7. The number of carbonyl (C=O) groups excluding carboxylic acids is 2. The zero-order valence-electron chi connectivity index (χ0n) is 21.4. The van der Waals surface area contributed by atoms with Gasteiger partial charge in [-0.25, -0.2) is 0 Å². The molecule has 0 aliphatic rings. The highest BCUT2D eigenvalue weighted by molar-refractivity contribution is 6.85. The molecule has 4 rings (SSSR count). The summed E-state index contributed by atoms with van der Waals surface area (Å²) in [5.74, 6) is 0.0434. The van der Waals surface area contributed by atoms with Crippen molar-refractivity contribution in [3.63, 3.8) is 0 Å². The molecule has 41 heavy (non-hydrogen) atoms. The number of carbonyl (C=O) groups is 2. The van der Waals surface area contributed by atoms with E-state index in [9.17, 15) is 27.2 Å². The van der Waals surface area contributed by atoms with Crippen LogP contribution in [-0.2, 0) is 0 Å². The van der Waals surface area contributed by atoms with Gasteiger partial charge in [0.2, 0.25) is 0 Å². The predicted octanol–water partition coefficient (Wildman–Crippen LogP) is 9.91. The third-order valence-corrected chi connectivity index (χ3v) is 5.69. The lowest BCUT2D eigenvalue weighted by Gasteiger charge is -2.06. The van der Waals surface area contributed by atoms with Crippen LogP contribution in [0.5, 0.6) is 11.5 Å². The minimum Gasteiger partial charge on any atom is -0.435 e. The third kappa shape index (κ3) is 11.1. The van der Waals surface area contributed by atoms with Crippen LogP contribution in [0.2, 0.25) is 0 Å². The molecule has 0 bridgehead atoms. The Morgan fingerprint density at radius 3 is 1.15 bits per heavy atom. The number of Topliss-reactive ketones (excluding diaryl/α,β-unsaturated/α-hetero) is 2. The van der Waals surface area contributed by atoms with E-state index >= 15 is 0 Å². The lowest BCUT2D eigenvalue weighted by atomic mass is 10.0. The number of benzene rings is 4. The van der Waals surface area contributed by atoms with E-state index in [4.69, 9.17) is 11.6 Å². The van der Waals surface area contributed by atoms with Crippen LogP contribution >= 0.6 is 33.3 Å². The molecular weight excluding hydrogens is 607 g/mol. The van der Waals surface area contributed by atoms with Crippen molar-refractivity contribution in [2.24, 2.45) is 0 Å². The standard InChI is InChI=1S/C15H11ClF2O2.C15H12F2O2.Cl2/c16-9-14(19)12-3-1-10(2-4-12)11-5-7-13(8-6-11)20-15(17)18;1-10(18)11-2-4-12(5-3-11)13-6-8-14(9-7-13)19-15(16)17;1-2/h1-8,15H,9H2;2-9,15H,1H3;. The fourth-order valence-electron chi connectivity index (χ4n) is 3.48. The second-order valence-corrected chi connectivity index (χ2v) is 8.34. The van der Waals surface area contributed by atoms with Crippen molar-refractivity contribution in [1.82, 2.24) is 0 Å². The summed E-state index contributed by atoms with van der Waals surface area (Å²) in [7, 11) is 8.22. The molecule has 0 atom stereocenters. The van der Waals surface area contributed by atoms with Gasteiger partial charge in [-0.1, -0.05) is 72.8 Å². The molecule has 0 aliphatic carbocycles. The molecule has 0 radical (unpaired) electrons. The van der Waals surface area contributed by atoms with Gasteiger partial charge in [0.1, 0.15) is 11.5 Å². The summed E-state index contributed by atoms with van der Waals surface area (Å²) in [6.07, 6.45) is 0. The zero-order chi connectivity index (χ0) is 30.4. The van der Waals surface area contributed by atoms with Gasteiger partial charge in [0.15, 0.2) is 11.6 Å². The number of ether oxygens (including phenoxy) is 2. The van der Waals surface area contributed by atoms with Gasteiger partial charge in [-0.15, -0.1) is 11.6 Å². The quantitative estimate of drug-likeness (QED) is 0.105. The van der Waals surface area contributed by atoms with Gasteiger partial charge >= 0.3 is 13.2 Å². The molecule has 216 valence electrons. The van der Waals surface area contributed by atoms with Gasteiger partial charge in [-0.2, -0.15) is 17.6 Å². The van der Waals surface area contributed by atoms with E-state index in [1.54, 1.807) is 60.7 Å². The zero-order valence-corrected chi connectivity index (χ0v) is 23.6. The normalized spacial score (nSPS) is 10.2. The molecule has 0 amide bonds. The van der Waals surface area contributed by atoms with E-state index in [0.29, 0.717) is 11.1 Å². The van der Waals surface area contributed by atoms with Crippen LogP contribution in [0.1, 0.15) is 27.6 Å².